The molecule has 2 aliphatic carbocycles. The summed E-state index contributed by atoms with van der Waals surface area (Å²) in [6.45, 7) is 17.4. The van der Waals surface area contributed by atoms with Gasteiger partial charge < -0.3 is 9.16 Å². The van der Waals surface area contributed by atoms with E-state index in [0.717, 1.165) is 25.9 Å². The van der Waals surface area contributed by atoms with Crippen molar-refractivity contribution < 1.29 is 9.16 Å². The molecule has 2 heteroatoms. The number of hydrogen-bond donors (Lipinski definition) is 0. The van der Waals surface area contributed by atoms with Crippen molar-refractivity contribution in [3.63, 3.8) is 0 Å². The molecule has 0 aliphatic heterocycles. The molecule has 0 spiro atoms. The van der Waals surface area contributed by atoms with E-state index in [4.69, 9.17) is 9.16 Å². The molecule has 0 heterocycles. The first-order valence-electron chi connectivity index (χ1n) is 8.51. The average molecular weight is 292 g/mol. The van der Waals surface area contributed by atoms with Crippen LogP contribution >= 0.6 is 0 Å². The van der Waals surface area contributed by atoms with Crippen molar-refractivity contribution in [3.05, 3.63) is 11.1 Å². The molecule has 0 radical (unpaired) electrons. The molecule has 0 amide bonds. The zero-order chi connectivity index (χ0) is 15.9. The Morgan fingerprint density at radius 2 is 1.90 bits per heavy atom. The van der Waals surface area contributed by atoms with E-state index in [1.54, 1.807) is 5.57 Å². The fourth-order valence-corrected chi connectivity index (χ4v) is 4.70. The van der Waals surface area contributed by atoms with Crippen LogP contribution in [0.25, 0.3) is 0 Å². The Morgan fingerprint density at radius 3 is 2.38 bits per heavy atom. The van der Waals surface area contributed by atoms with Gasteiger partial charge in [-0.25, -0.2) is 0 Å². The SMILES string of the molecule is CCCCO[C@]1([C-]=[O+]CC)C[C@]2(C)C(C)=C(C)[C@@]1(C)C2C. The number of carbonyl (C=O) groups excluding carboxylic acids is 1. The maximum Gasteiger partial charge on any atom is 0.215 e. The maximum atomic E-state index is 6.45. The minimum Gasteiger partial charge on any atom is -0.454 e. The van der Waals surface area contributed by atoms with Gasteiger partial charge in [0.1, 0.15) is 0 Å². The van der Waals surface area contributed by atoms with Gasteiger partial charge in [0, 0.05) is 30.8 Å². The number of ether oxygens (including phenoxy) is 1. The molecule has 1 unspecified atom stereocenters. The normalized spacial score (nSPS) is 42.5. The molecular formula is C19H32O2. The predicted molar refractivity (Wildman–Crippen MR) is 88.2 cm³/mol. The molecule has 0 N–H and O–H groups in total. The number of hydrogen-bond acceptors (Lipinski definition) is 1. The van der Waals surface area contributed by atoms with Gasteiger partial charge in [0.05, 0.1) is 0 Å². The molecule has 2 bridgehead atoms. The second-order valence-electron chi connectivity index (χ2n) is 7.33. The molecule has 2 nitrogen and oxygen atoms in total. The molecule has 21 heavy (non-hydrogen) atoms. The molecule has 4 atom stereocenters. The Labute approximate surface area is 130 Å². The van der Waals surface area contributed by atoms with Crippen molar-refractivity contribution in [2.75, 3.05) is 13.2 Å². The van der Waals surface area contributed by atoms with Gasteiger partial charge in [-0.3, -0.25) is 0 Å². The zero-order valence-electron chi connectivity index (χ0n) is 14.9. The summed E-state index contributed by atoms with van der Waals surface area (Å²) in [5.74, 6) is 0.555. The Morgan fingerprint density at radius 1 is 1.24 bits per heavy atom. The van der Waals surface area contributed by atoms with Crippen LogP contribution in [0.5, 0.6) is 0 Å². The van der Waals surface area contributed by atoms with E-state index in [9.17, 15) is 0 Å². The summed E-state index contributed by atoms with van der Waals surface area (Å²) in [5.41, 5.74) is 2.83. The lowest BCUT2D eigenvalue weighted by atomic mass is 9.68. The standard InChI is InChI=1S/C19H32O2/c1-8-10-11-21-19(13-20-9-2)12-17(6)14(3)15(4)18(19,7)16(17)5/h16H,8-12H2,1-7H3/t16?,17-,18+,19+/m1/s1. The van der Waals surface area contributed by atoms with Crippen molar-refractivity contribution in [2.45, 2.75) is 73.3 Å². The van der Waals surface area contributed by atoms with Gasteiger partial charge in [0.15, 0.2) is 0 Å². The number of rotatable bonds is 6. The Hall–Kier alpha value is -0.630. The predicted octanol–water partition coefficient (Wildman–Crippen LogP) is 4.61. The summed E-state index contributed by atoms with van der Waals surface area (Å²) in [6, 6.07) is 0. The van der Waals surface area contributed by atoms with Gasteiger partial charge in [-0.15, -0.1) is 0 Å². The van der Waals surface area contributed by atoms with Gasteiger partial charge >= 0.3 is 0 Å². The van der Waals surface area contributed by atoms with Crippen LogP contribution in [0.4, 0.5) is 0 Å². The van der Waals surface area contributed by atoms with Crippen molar-refractivity contribution in [2.24, 2.45) is 16.7 Å². The van der Waals surface area contributed by atoms with Crippen LogP contribution in [-0.2, 0) is 9.16 Å². The number of unbranched alkanes of at least 4 members (excludes halogenated alkanes) is 1. The summed E-state index contributed by atoms with van der Waals surface area (Å²) in [4.78, 5) is 0. The Kier molecular flexibility index (Phi) is 4.41. The second kappa shape index (κ2) is 5.53. The molecule has 0 aromatic rings. The summed E-state index contributed by atoms with van der Waals surface area (Å²) < 4.78 is 12.1. The highest BCUT2D eigenvalue weighted by Gasteiger charge is 2.67. The van der Waals surface area contributed by atoms with Crippen LogP contribution in [0.1, 0.15) is 67.7 Å². The number of allylic oxidation sites excluding steroid dienone is 1. The van der Waals surface area contributed by atoms with Crippen LogP contribution in [-0.4, -0.2) is 25.1 Å². The van der Waals surface area contributed by atoms with E-state index in [1.807, 2.05) is 6.92 Å². The highest BCUT2D eigenvalue weighted by molar-refractivity contribution is 5.71. The minimum atomic E-state index is -0.393. The summed E-state index contributed by atoms with van der Waals surface area (Å²) in [6.07, 6.45) is 6.57. The number of fused-ring (bicyclic) bond motifs is 2. The fraction of sp³-hybridized carbons (Fsp3) is 0.842. The van der Waals surface area contributed by atoms with Crippen LogP contribution in [0, 0.1) is 16.7 Å². The van der Waals surface area contributed by atoms with Gasteiger partial charge in [0.25, 0.3) is 0 Å². The summed E-state index contributed by atoms with van der Waals surface area (Å²) in [5, 5.41) is 0. The first-order valence-corrected chi connectivity index (χ1v) is 8.51. The monoisotopic (exact) mass is 292 g/mol. The quantitative estimate of drug-likeness (QED) is 0.303. The van der Waals surface area contributed by atoms with Crippen LogP contribution in [0.2, 0.25) is 0 Å². The lowest BCUT2D eigenvalue weighted by Crippen LogP contribution is -2.50. The van der Waals surface area contributed by atoms with Crippen molar-refractivity contribution in [1.29, 1.82) is 0 Å². The van der Waals surface area contributed by atoms with Gasteiger partial charge in [-0.2, -0.15) is 0 Å². The van der Waals surface area contributed by atoms with Crippen LogP contribution < -0.4 is 0 Å². The zero-order valence-corrected chi connectivity index (χ0v) is 14.9. The minimum absolute atomic E-state index is 0.00521. The topological polar surface area (TPSA) is 20.5 Å². The average Bonchev–Trinajstić information content (AvgIpc) is 2.71. The van der Waals surface area contributed by atoms with Gasteiger partial charge in [-0.1, -0.05) is 45.3 Å². The first-order chi connectivity index (χ1) is 9.80. The van der Waals surface area contributed by atoms with Gasteiger partial charge in [-0.05, 0) is 38.0 Å². The van der Waals surface area contributed by atoms with Crippen molar-refractivity contribution >= 4 is 6.29 Å². The Balaban J connectivity index is 2.46. The van der Waals surface area contributed by atoms with E-state index in [2.05, 4.69) is 47.8 Å². The maximum absolute atomic E-state index is 6.45. The van der Waals surface area contributed by atoms with E-state index >= 15 is 0 Å². The molecule has 1 fully saturated rings. The lowest BCUT2D eigenvalue weighted by Gasteiger charge is -2.48. The summed E-state index contributed by atoms with van der Waals surface area (Å²) >= 11 is 0. The second-order valence-corrected chi connectivity index (χ2v) is 7.33. The highest BCUT2D eigenvalue weighted by Crippen LogP contribution is 2.71. The van der Waals surface area contributed by atoms with Crippen molar-refractivity contribution in [3.8, 4) is 0 Å². The van der Waals surface area contributed by atoms with E-state index in [-0.39, 0.29) is 10.8 Å². The third kappa shape index (κ3) is 2.05. The lowest BCUT2D eigenvalue weighted by molar-refractivity contribution is -0.0699. The molecule has 2 aliphatic rings. The Bertz CT molecular complexity index is 464. The molecule has 120 valence electrons. The van der Waals surface area contributed by atoms with E-state index in [1.165, 1.54) is 5.57 Å². The van der Waals surface area contributed by atoms with Crippen LogP contribution in [0.15, 0.2) is 11.1 Å². The largest absolute Gasteiger partial charge is 0.454 e. The molecule has 2 rings (SSSR count). The summed E-state index contributed by atoms with van der Waals surface area (Å²) in [7, 11) is 0. The molecule has 0 aromatic heterocycles. The molecule has 0 aromatic carbocycles. The molecule has 1 saturated carbocycles. The smallest absolute Gasteiger partial charge is 0.215 e. The molecular weight excluding hydrogens is 260 g/mol. The van der Waals surface area contributed by atoms with Gasteiger partial charge in [0.2, 0.25) is 6.61 Å². The third-order valence-electron chi connectivity index (χ3n) is 6.70. The van der Waals surface area contributed by atoms with Crippen molar-refractivity contribution in [1.82, 2.24) is 0 Å². The highest BCUT2D eigenvalue weighted by atomic mass is 16.5. The van der Waals surface area contributed by atoms with E-state index in [0.29, 0.717) is 12.5 Å². The third-order valence-corrected chi connectivity index (χ3v) is 6.70. The molecule has 0 saturated heterocycles. The van der Waals surface area contributed by atoms with E-state index < -0.39 is 5.60 Å². The first kappa shape index (κ1) is 16.7. The fourth-order valence-electron chi connectivity index (χ4n) is 4.70. The van der Waals surface area contributed by atoms with Crippen LogP contribution in [0.3, 0.4) is 0 Å².